The highest BCUT2D eigenvalue weighted by molar-refractivity contribution is 5.92. The number of carbonyl (C=O) groups excluding carboxylic acids is 1. The summed E-state index contributed by atoms with van der Waals surface area (Å²) in [6.07, 6.45) is 3.49. The SMILES string of the molecule is O=C(c1ccccn1)N1CCCC1c1ccc(F)cc1. The van der Waals surface area contributed by atoms with E-state index >= 15 is 0 Å². The predicted molar refractivity (Wildman–Crippen MR) is 73.6 cm³/mol. The summed E-state index contributed by atoms with van der Waals surface area (Å²) in [6, 6.07) is 11.7. The van der Waals surface area contributed by atoms with Gasteiger partial charge in [-0.1, -0.05) is 18.2 Å². The first-order valence-corrected chi connectivity index (χ1v) is 6.73. The average molecular weight is 270 g/mol. The second-order valence-electron chi connectivity index (χ2n) is 4.92. The van der Waals surface area contributed by atoms with Gasteiger partial charge in [0.15, 0.2) is 0 Å². The maximum Gasteiger partial charge on any atom is 0.272 e. The molecule has 1 unspecified atom stereocenters. The Labute approximate surface area is 117 Å². The highest BCUT2D eigenvalue weighted by atomic mass is 19.1. The maximum atomic E-state index is 13.0. The fourth-order valence-electron chi connectivity index (χ4n) is 2.68. The van der Waals surface area contributed by atoms with E-state index in [1.165, 1.54) is 12.1 Å². The van der Waals surface area contributed by atoms with Crippen LogP contribution in [0.1, 0.15) is 34.9 Å². The molecule has 1 aliphatic rings. The standard InChI is InChI=1S/C16H15FN2O/c17-13-8-6-12(7-9-13)15-5-3-11-19(15)16(20)14-4-1-2-10-18-14/h1-2,4,6-10,15H,3,5,11H2. The van der Waals surface area contributed by atoms with Crippen molar-refractivity contribution in [1.82, 2.24) is 9.88 Å². The molecule has 2 aromatic rings. The number of aromatic nitrogens is 1. The monoisotopic (exact) mass is 270 g/mol. The molecule has 20 heavy (non-hydrogen) atoms. The molecule has 102 valence electrons. The van der Waals surface area contributed by atoms with Gasteiger partial charge in [-0.05, 0) is 42.7 Å². The first-order valence-electron chi connectivity index (χ1n) is 6.73. The van der Waals surface area contributed by atoms with Gasteiger partial charge in [0.2, 0.25) is 0 Å². The number of hydrogen-bond acceptors (Lipinski definition) is 2. The Bertz CT molecular complexity index is 598. The van der Waals surface area contributed by atoms with Crippen LogP contribution in [0.25, 0.3) is 0 Å². The van der Waals surface area contributed by atoms with E-state index in [1.807, 2.05) is 11.0 Å². The minimum Gasteiger partial charge on any atom is -0.330 e. The van der Waals surface area contributed by atoms with Crippen LogP contribution >= 0.6 is 0 Å². The lowest BCUT2D eigenvalue weighted by molar-refractivity contribution is 0.0729. The molecule has 3 nitrogen and oxygen atoms in total. The third-order valence-corrected chi connectivity index (χ3v) is 3.65. The Morgan fingerprint density at radius 2 is 2.00 bits per heavy atom. The van der Waals surface area contributed by atoms with Crippen LogP contribution in [0.15, 0.2) is 48.7 Å². The van der Waals surface area contributed by atoms with Crippen molar-refractivity contribution in [3.8, 4) is 0 Å². The normalized spacial score (nSPS) is 18.2. The van der Waals surface area contributed by atoms with E-state index in [4.69, 9.17) is 0 Å². The van der Waals surface area contributed by atoms with Crippen LogP contribution in [-0.2, 0) is 0 Å². The molecule has 1 amide bonds. The van der Waals surface area contributed by atoms with Crippen molar-refractivity contribution in [3.63, 3.8) is 0 Å². The van der Waals surface area contributed by atoms with Crippen molar-refractivity contribution in [2.75, 3.05) is 6.54 Å². The zero-order valence-electron chi connectivity index (χ0n) is 11.0. The van der Waals surface area contributed by atoms with E-state index in [1.54, 1.807) is 30.5 Å². The van der Waals surface area contributed by atoms with Crippen molar-refractivity contribution >= 4 is 5.91 Å². The van der Waals surface area contributed by atoms with Gasteiger partial charge in [0.05, 0.1) is 6.04 Å². The van der Waals surface area contributed by atoms with Gasteiger partial charge in [-0.3, -0.25) is 9.78 Å². The van der Waals surface area contributed by atoms with Gasteiger partial charge in [-0.25, -0.2) is 4.39 Å². The summed E-state index contributed by atoms with van der Waals surface area (Å²) >= 11 is 0. The fourth-order valence-corrected chi connectivity index (χ4v) is 2.68. The second kappa shape index (κ2) is 5.41. The van der Waals surface area contributed by atoms with Crippen molar-refractivity contribution in [2.45, 2.75) is 18.9 Å². The maximum absolute atomic E-state index is 13.0. The Balaban J connectivity index is 1.86. The van der Waals surface area contributed by atoms with Crippen LogP contribution in [-0.4, -0.2) is 22.3 Å². The summed E-state index contributed by atoms with van der Waals surface area (Å²) < 4.78 is 13.0. The number of pyridine rings is 1. The lowest BCUT2D eigenvalue weighted by Gasteiger charge is -2.24. The van der Waals surface area contributed by atoms with Crippen LogP contribution in [0.3, 0.4) is 0 Å². The van der Waals surface area contributed by atoms with E-state index in [0.717, 1.165) is 24.9 Å². The van der Waals surface area contributed by atoms with Crippen molar-refractivity contribution in [1.29, 1.82) is 0 Å². The summed E-state index contributed by atoms with van der Waals surface area (Å²) in [6.45, 7) is 0.720. The number of likely N-dealkylation sites (tertiary alicyclic amines) is 1. The molecule has 1 fully saturated rings. The van der Waals surface area contributed by atoms with Gasteiger partial charge in [0.25, 0.3) is 5.91 Å². The minimum atomic E-state index is -0.255. The van der Waals surface area contributed by atoms with Crippen LogP contribution in [0, 0.1) is 5.82 Å². The first-order chi connectivity index (χ1) is 9.75. The lowest BCUT2D eigenvalue weighted by atomic mass is 10.0. The molecule has 2 heterocycles. The van der Waals surface area contributed by atoms with Gasteiger partial charge in [0.1, 0.15) is 11.5 Å². The lowest BCUT2D eigenvalue weighted by Crippen LogP contribution is -2.31. The first kappa shape index (κ1) is 12.8. The van der Waals surface area contributed by atoms with Crippen molar-refractivity contribution in [3.05, 3.63) is 65.7 Å². The molecule has 3 rings (SSSR count). The number of halogens is 1. The molecule has 0 N–H and O–H groups in total. The molecule has 0 saturated carbocycles. The number of hydrogen-bond donors (Lipinski definition) is 0. The Hall–Kier alpha value is -2.23. The molecule has 0 spiro atoms. The molecule has 0 bridgehead atoms. The van der Waals surface area contributed by atoms with Crippen LogP contribution in [0.2, 0.25) is 0 Å². The number of rotatable bonds is 2. The molecule has 1 aromatic carbocycles. The Morgan fingerprint density at radius 3 is 2.70 bits per heavy atom. The number of benzene rings is 1. The van der Waals surface area contributed by atoms with E-state index in [9.17, 15) is 9.18 Å². The van der Waals surface area contributed by atoms with E-state index in [0.29, 0.717) is 5.69 Å². The van der Waals surface area contributed by atoms with Crippen LogP contribution < -0.4 is 0 Å². The summed E-state index contributed by atoms with van der Waals surface area (Å²) in [7, 11) is 0. The summed E-state index contributed by atoms with van der Waals surface area (Å²) in [5, 5.41) is 0. The number of nitrogens with zero attached hydrogens (tertiary/aromatic N) is 2. The summed E-state index contributed by atoms with van der Waals surface area (Å²) in [5.41, 5.74) is 1.44. The number of amides is 1. The summed E-state index contributed by atoms with van der Waals surface area (Å²) in [5.74, 6) is -0.313. The average Bonchev–Trinajstić information content (AvgIpc) is 2.97. The minimum absolute atomic E-state index is 0.0186. The second-order valence-corrected chi connectivity index (χ2v) is 4.92. The highest BCUT2D eigenvalue weighted by Gasteiger charge is 2.30. The molecule has 0 aliphatic carbocycles. The predicted octanol–water partition coefficient (Wildman–Crippen LogP) is 3.20. The molecule has 1 aromatic heterocycles. The fraction of sp³-hybridized carbons (Fsp3) is 0.250. The molecule has 0 radical (unpaired) electrons. The third-order valence-electron chi connectivity index (χ3n) is 3.65. The molecular weight excluding hydrogens is 255 g/mol. The van der Waals surface area contributed by atoms with Gasteiger partial charge in [-0.15, -0.1) is 0 Å². The Morgan fingerprint density at radius 1 is 1.20 bits per heavy atom. The quantitative estimate of drug-likeness (QED) is 0.839. The topological polar surface area (TPSA) is 33.2 Å². The number of carbonyl (C=O) groups is 1. The van der Waals surface area contributed by atoms with Crippen molar-refractivity contribution < 1.29 is 9.18 Å². The smallest absolute Gasteiger partial charge is 0.272 e. The van der Waals surface area contributed by atoms with E-state index in [-0.39, 0.29) is 17.8 Å². The van der Waals surface area contributed by atoms with E-state index in [2.05, 4.69) is 4.98 Å². The van der Waals surface area contributed by atoms with Gasteiger partial charge < -0.3 is 4.90 Å². The highest BCUT2D eigenvalue weighted by Crippen LogP contribution is 2.32. The molecular formula is C16H15FN2O. The summed E-state index contributed by atoms with van der Waals surface area (Å²) in [4.78, 5) is 18.4. The zero-order valence-corrected chi connectivity index (χ0v) is 11.0. The molecule has 1 aliphatic heterocycles. The zero-order chi connectivity index (χ0) is 13.9. The Kier molecular flexibility index (Phi) is 3.46. The van der Waals surface area contributed by atoms with Gasteiger partial charge in [-0.2, -0.15) is 0 Å². The van der Waals surface area contributed by atoms with Crippen LogP contribution in [0.5, 0.6) is 0 Å². The molecule has 4 heteroatoms. The van der Waals surface area contributed by atoms with Gasteiger partial charge in [0, 0.05) is 12.7 Å². The largest absolute Gasteiger partial charge is 0.330 e. The third kappa shape index (κ3) is 2.41. The molecule has 1 saturated heterocycles. The molecule has 1 atom stereocenters. The van der Waals surface area contributed by atoms with Gasteiger partial charge >= 0.3 is 0 Å². The van der Waals surface area contributed by atoms with Crippen LogP contribution in [0.4, 0.5) is 4.39 Å². The van der Waals surface area contributed by atoms with E-state index < -0.39 is 0 Å². The van der Waals surface area contributed by atoms with Crippen molar-refractivity contribution in [2.24, 2.45) is 0 Å².